The molecule has 5 nitrogen and oxygen atoms in total. The first-order valence-corrected chi connectivity index (χ1v) is 7.43. The molecule has 2 aliphatic heterocycles. The molecular formula is C15H22N4O. The summed E-state index contributed by atoms with van der Waals surface area (Å²) in [5, 5.41) is 0. The molecule has 5 heteroatoms. The molecule has 0 radical (unpaired) electrons. The fourth-order valence-electron chi connectivity index (χ4n) is 2.88. The number of piperazine rings is 1. The van der Waals surface area contributed by atoms with Crippen LogP contribution in [0.5, 0.6) is 0 Å². The van der Waals surface area contributed by atoms with Crippen molar-refractivity contribution in [1.29, 1.82) is 0 Å². The summed E-state index contributed by atoms with van der Waals surface area (Å²) in [7, 11) is 2.09. The SMILES string of the molecule is CN1CCN(C(=O)c2cc(N3CCCC3)ccn2)CC1. The lowest BCUT2D eigenvalue weighted by Gasteiger charge is -2.32. The Morgan fingerprint density at radius 3 is 2.50 bits per heavy atom. The normalized spacial score (nSPS) is 20.4. The minimum absolute atomic E-state index is 0.0687. The molecule has 0 unspecified atom stereocenters. The summed E-state index contributed by atoms with van der Waals surface area (Å²) in [6, 6.07) is 3.96. The van der Waals surface area contributed by atoms with Crippen molar-refractivity contribution in [3.63, 3.8) is 0 Å². The smallest absolute Gasteiger partial charge is 0.272 e. The summed E-state index contributed by atoms with van der Waals surface area (Å²) in [4.78, 5) is 23.3. The van der Waals surface area contributed by atoms with E-state index in [1.165, 1.54) is 12.8 Å². The number of carbonyl (C=O) groups excluding carboxylic acids is 1. The Labute approximate surface area is 120 Å². The maximum atomic E-state index is 12.5. The van der Waals surface area contributed by atoms with Crippen molar-refractivity contribution in [1.82, 2.24) is 14.8 Å². The van der Waals surface area contributed by atoms with Gasteiger partial charge in [0.2, 0.25) is 0 Å². The molecule has 0 aliphatic carbocycles. The van der Waals surface area contributed by atoms with E-state index in [0.29, 0.717) is 5.69 Å². The van der Waals surface area contributed by atoms with E-state index in [0.717, 1.165) is 45.0 Å². The lowest BCUT2D eigenvalue weighted by Crippen LogP contribution is -2.47. The van der Waals surface area contributed by atoms with Crippen molar-refractivity contribution in [3.05, 3.63) is 24.0 Å². The highest BCUT2D eigenvalue weighted by Gasteiger charge is 2.22. The number of hydrogen-bond acceptors (Lipinski definition) is 4. The molecular weight excluding hydrogens is 252 g/mol. The largest absolute Gasteiger partial charge is 0.371 e. The van der Waals surface area contributed by atoms with Crippen LogP contribution < -0.4 is 4.90 Å². The molecule has 1 aromatic rings. The summed E-state index contributed by atoms with van der Waals surface area (Å²) >= 11 is 0. The first-order chi connectivity index (χ1) is 9.74. The number of carbonyl (C=O) groups is 1. The molecule has 0 spiro atoms. The maximum absolute atomic E-state index is 12.5. The van der Waals surface area contributed by atoms with Crippen LogP contribution in [-0.2, 0) is 0 Å². The van der Waals surface area contributed by atoms with E-state index >= 15 is 0 Å². The third kappa shape index (κ3) is 2.77. The molecule has 0 saturated carbocycles. The fourth-order valence-corrected chi connectivity index (χ4v) is 2.88. The van der Waals surface area contributed by atoms with Crippen LogP contribution in [0.2, 0.25) is 0 Å². The molecule has 0 N–H and O–H groups in total. The van der Waals surface area contributed by atoms with E-state index in [1.807, 2.05) is 17.0 Å². The van der Waals surface area contributed by atoms with Crippen molar-refractivity contribution >= 4 is 11.6 Å². The highest BCUT2D eigenvalue weighted by Crippen LogP contribution is 2.20. The minimum Gasteiger partial charge on any atom is -0.371 e. The molecule has 3 rings (SSSR count). The van der Waals surface area contributed by atoms with E-state index in [1.54, 1.807) is 6.20 Å². The van der Waals surface area contributed by atoms with E-state index < -0.39 is 0 Å². The number of pyridine rings is 1. The van der Waals surface area contributed by atoms with Crippen LogP contribution in [0.4, 0.5) is 5.69 Å². The van der Waals surface area contributed by atoms with Crippen molar-refractivity contribution in [2.75, 3.05) is 51.2 Å². The van der Waals surface area contributed by atoms with Gasteiger partial charge < -0.3 is 14.7 Å². The Hall–Kier alpha value is -1.62. The summed E-state index contributed by atoms with van der Waals surface area (Å²) in [6.07, 6.45) is 4.24. The molecule has 2 fully saturated rings. The van der Waals surface area contributed by atoms with Gasteiger partial charge in [0.1, 0.15) is 5.69 Å². The summed E-state index contributed by atoms with van der Waals surface area (Å²) in [5.41, 5.74) is 1.72. The molecule has 108 valence electrons. The maximum Gasteiger partial charge on any atom is 0.272 e. The zero-order valence-corrected chi connectivity index (χ0v) is 12.1. The Bertz CT molecular complexity index is 477. The van der Waals surface area contributed by atoms with Gasteiger partial charge in [0.25, 0.3) is 5.91 Å². The number of nitrogens with zero attached hydrogens (tertiary/aromatic N) is 4. The number of amides is 1. The van der Waals surface area contributed by atoms with Crippen LogP contribution >= 0.6 is 0 Å². The fraction of sp³-hybridized carbons (Fsp3) is 0.600. The summed E-state index contributed by atoms with van der Waals surface area (Å²) in [5.74, 6) is 0.0687. The molecule has 3 heterocycles. The average Bonchev–Trinajstić information content (AvgIpc) is 3.02. The van der Waals surface area contributed by atoms with Crippen molar-refractivity contribution in [2.45, 2.75) is 12.8 Å². The second kappa shape index (κ2) is 5.79. The quantitative estimate of drug-likeness (QED) is 0.809. The number of rotatable bonds is 2. The Balaban J connectivity index is 1.72. The van der Waals surface area contributed by atoms with Crippen molar-refractivity contribution in [3.8, 4) is 0 Å². The van der Waals surface area contributed by atoms with E-state index in [-0.39, 0.29) is 5.91 Å². The monoisotopic (exact) mass is 274 g/mol. The number of hydrogen-bond donors (Lipinski definition) is 0. The van der Waals surface area contributed by atoms with Crippen LogP contribution in [0.25, 0.3) is 0 Å². The predicted molar refractivity (Wildman–Crippen MR) is 79.1 cm³/mol. The highest BCUT2D eigenvalue weighted by atomic mass is 16.2. The zero-order chi connectivity index (χ0) is 13.9. The van der Waals surface area contributed by atoms with Crippen molar-refractivity contribution < 1.29 is 4.79 Å². The third-order valence-corrected chi connectivity index (χ3v) is 4.22. The molecule has 0 bridgehead atoms. The lowest BCUT2D eigenvalue weighted by atomic mass is 10.2. The van der Waals surface area contributed by atoms with Crippen LogP contribution in [0.3, 0.4) is 0 Å². The van der Waals surface area contributed by atoms with Crippen LogP contribution in [0.1, 0.15) is 23.3 Å². The van der Waals surface area contributed by atoms with E-state index in [9.17, 15) is 4.79 Å². The van der Waals surface area contributed by atoms with Gasteiger partial charge in [-0.15, -0.1) is 0 Å². The molecule has 20 heavy (non-hydrogen) atoms. The first kappa shape index (κ1) is 13.4. The molecule has 1 amide bonds. The number of likely N-dealkylation sites (N-methyl/N-ethyl adjacent to an activating group) is 1. The van der Waals surface area contributed by atoms with Gasteiger partial charge in [-0.05, 0) is 32.0 Å². The van der Waals surface area contributed by atoms with Crippen LogP contribution in [0.15, 0.2) is 18.3 Å². The second-order valence-electron chi connectivity index (χ2n) is 5.69. The molecule has 0 atom stereocenters. The number of anilines is 1. The van der Waals surface area contributed by atoms with Gasteiger partial charge in [-0.1, -0.05) is 0 Å². The minimum atomic E-state index is 0.0687. The van der Waals surface area contributed by atoms with Gasteiger partial charge in [0, 0.05) is 51.2 Å². The highest BCUT2D eigenvalue weighted by molar-refractivity contribution is 5.93. The molecule has 0 aromatic carbocycles. The van der Waals surface area contributed by atoms with Gasteiger partial charge in [-0.25, -0.2) is 0 Å². The zero-order valence-electron chi connectivity index (χ0n) is 12.1. The molecule has 2 saturated heterocycles. The van der Waals surface area contributed by atoms with E-state index in [2.05, 4.69) is 21.8 Å². The third-order valence-electron chi connectivity index (χ3n) is 4.22. The van der Waals surface area contributed by atoms with Gasteiger partial charge in [-0.3, -0.25) is 9.78 Å². The Morgan fingerprint density at radius 1 is 1.10 bits per heavy atom. The van der Waals surface area contributed by atoms with Gasteiger partial charge in [-0.2, -0.15) is 0 Å². The first-order valence-electron chi connectivity index (χ1n) is 7.43. The van der Waals surface area contributed by atoms with Gasteiger partial charge in [0.15, 0.2) is 0 Å². The predicted octanol–water partition coefficient (Wildman–Crippen LogP) is 1.07. The van der Waals surface area contributed by atoms with Gasteiger partial charge >= 0.3 is 0 Å². The topological polar surface area (TPSA) is 39.7 Å². The second-order valence-corrected chi connectivity index (χ2v) is 5.69. The van der Waals surface area contributed by atoms with Gasteiger partial charge in [0.05, 0.1) is 0 Å². The van der Waals surface area contributed by atoms with Crippen LogP contribution in [-0.4, -0.2) is 67.0 Å². The summed E-state index contributed by atoms with van der Waals surface area (Å²) < 4.78 is 0. The standard InChI is InChI=1S/C15H22N4O/c1-17-8-10-19(11-9-17)15(20)14-12-13(4-5-16-14)18-6-2-3-7-18/h4-5,12H,2-3,6-11H2,1H3. The number of aromatic nitrogens is 1. The Morgan fingerprint density at radius 2 is 1.80 bits per heavy atom. The van der Waals surface area contributed by atoms with Crippen LogP contribution in [0, 0.1) is 0 Å². The molecule has 2 aliphatic rings. The average molecular weight is 274 g/mol. The lowest BCUT2D eigenvalue weighted by molar-refractivity contribution is 0.0658. The van der Waals surface area contributed by atoms with E-state index in [4.69, 9.17) is 0 Å². The molecule has 1 aromatic heterocycles. The Kier molecular flexibility index (Phi) is 3.87. The van der Waals surface area contributed by atoms with Crippen molar-refractivity contribution in [2.24, 2.45) is 0 Å². The summed E-state index contributed by atoms with van der Waals surface area (Å²) in [6.45, 7) is 5.66.